The van der Waals surface area contributed by atoms with Crippen LogP contribution in [0.1, 0.15) is 44.5 Å². The molecule has 0 aromatic heterocycles. The van der Waals surface area contributed by atoms with Crippen LogP contribution in [-0.4, -0.2) is 16.1 Å². The molecule has 0 fully saturated rings. The molecule has 0 bridgehead atoms. The van der Waals surface area contributed by atoms with Crippen molar-refractivity contribution in [3.8, 4) is 11.1 Å². The van der Waals surface area contributed by atoms with Gasteiger partial charge in [-0.05, 0) is 115 Å². The Bertz CT molecular complexity index is 3320. The fourth-order valence-corrected chi connectivity index (χ4v) is 23.1. The first kappa shape index (κ1) is 39.5. The van der Waals surface area contributed by atoms with Gasteiger partial charge in [0.25, 0.3) is 0 Å². The largest absolute Gasteiger partial charge is 0.181 e. The molecule has 2 heterocycles. The standard InChI is InChI=1S/C65H46Si2/c1-7-23-46(24-8-1)62-56-35-19-21-37-60(56)66(52-31-15-5-16-32-52,64(62)48-27-11-3-12-28-48)54-41-39-50-43-51-40-42-55(45-59(51)58(50)44-54)67(53-33-17-6-18-34-53)61-38-22-20-36-57(61)63(47-25-9-2-10-26-47)65(67)49-29-13-4-14-30-49/h1-42,44-45H,43H2. The predicted octanol–water partition coefficient (Wildman–Crippen LogP) is 11.2. The molecule has 0 saturated carbocycles. The van der Waals surface area contributed by atoms with E-state index in [-0.39, 0.29) is 0 Å². The molecule has 0 amide bonds. The summed E-state index contributed by atoms with van der Waals surface area (Å²) in [7, 11) is -5.92. The molecule has 1 aliphatic carbocycles. The Morgan fingerprint density at radius 2 is 0.552 bits per heavy atom. The molecule has 0 N–H and O–H groups in total. The molecular formula is C65H46Si2. The van der Waals surface area contributed by atoms with Crippen molar-refractivity contribution in [1.82, 2.24) is 0 Å². The average Bonchev–Trinajstić information content (AvgIpc) is 4.05. The summed E-state index contributed by atoms with van der Waals surface area (Å²) >= 11 is 0. The first-order chi connectivity index (χ1) is 33.3. The van der Waals surface area contributed by atoms with E-state index in [0.717, 1.165) is 6.42 Å². The fraction of sp³-hybridized carbons (Fsp3) is 0.0154. The Labute approximate surface area is 395 Å². The van der Waals surface area contributed by atoms with Crippen molar-refractivity contribution in [3.05, 3.63) is 311 Å². The Morgan fingerprint density at radius 3 is 0.925 bits per heavy atom. The smallest absolute Gasteiger partial charge is 0.0623 e. The van der Waals surface area contributed by atoms with Crippen LogP contribution in [-0.2, 0) is 6.42 Å². The summed E-state index contributed by atoms with van der Waals surface area (Å²) in [5, 5.41) is 11.5. The molecule has 67 heavy (non-hydrogen) atoms. The third kappa shape index (κ3) is 5.90. The molecule has 10 aromatic carbocycles. The molecule has 2 aliphatic heterocycles. The lowest BCUT2D eigenvalue weighted by Gasteiger charge is -2.35. The van der Waals surface area contributed by atoms with Crippen LogP contribution in [0.2, 0.25) is 0 Å². The highest BCUT2D eigenvalue weighted by molar-refractivity contribution is 7.26. The normalized spacial score (nSPS) is 17.8. The monoisotopic (exact) mass is 882 g/mol. The highest BCUT2D eigenvalue weighted by Crippen LogP contribution is 2.47. The lowest BCUT2D eigenvalue weighted by molar-refractivity contribution is 1.27. The van der Waals surface area contributed by atoms with Gasteiger partial charge in [-0.15, -0.1) is 0 Å². The van der Waals surface area contributed by atoms with Gasteiger partial charge in [-0.2, -0.15) is 0 Å². The summed E-state index contributed by atoms with van der Waals surface area (Å²) in [4.78, 5) is 0. The van der Waals surface area contributed by atoms with E-state index in [9.17, 15) is 0 Å². The number of hydrogen-bond acceptors (Lipinski definition) is 0. The second kappa shape index (κ2) is 15.9. The summed E-state index contributed by atoms with van der Waals surface area (Å²) < 4.78 is 0. The molecule has 0 saturated heterocycles. The molecule has 13 rings (SSSR count). The van der Waals surface area contributed by atoms with Gasteiger partial charge < -0.3 is 0 Å². The third-order valence-electron chi connectivity index (χ3n) is 14.9. The van der Waals surface area contributed by atoms with E-state index in [4.69, 9.17) is 0 Å². The maximum Gasteiger partial charge on any atom is 0.181 e. The molecule has 0 spiro atoms. The molecule has 0 radical (unpaired) electrons. The van der Waals surface area contributed by atoms with E-state index in [2.05, 4.69) is 267 Å². The van der Waals surface area contributed by atoms with E-state index in [1.165, 1.54) is 108 Å². The summed E-state index contributed by atoms with van der Waals surface area (Å²) in [6, 6.07) is 102. The Kier molecular flexibility index (Phi) is 9.38. The van der Waals surface area contributed by atoms with Crippen LogP contribution < -0.4 is 31.1 Å². The second-order valence-corrected chi connectivity index (χ2v) is 25.6. The van der Waals surface area contributed by atoms with Gasteiger partial charge >= 0.3 is 0 Å². The summed E-state index contributed by atoms with van der Waals surface area (Å²) in [6.07, 6.45) is 0.922. The quantitative estimate of drug-likeness (QED) is 0.133. The van der Waals surface area contributed by atoms with Crippen molar-refractivity contribution in [3.63, 3.8) is 0 Å². The van der Waals surface area contributed by atoms with Crippen molar-refractivity contribution in [1.29, 1.82) is 0 Å². The maximum absolute atomic E-state index is 2.96. The zero-order valence-electron chi connectivity index (χ0n) is 37.1. The minimum Gasteiger partial charge on any atom is -0.0623 e. The highest BCUT2D eigenvalue weighted by Gasteiger charge is 2.53. The molecule has 10 aromatic rings. The van der Waals surface area contributed by atoms with E-state index >= 15 is 0 Å². The molecule has 2 heteroatoms. The second-order valence-electron chi connectivity index (χ2n) is 18.2. The van der Waals surface area contributed by atoms with Crippen LogP contribution in [0.15, 0.2) is 267 Å². The zero-order chi connectivity index (χ0) is 44.4. The van der Waals surface area contributed by atoms with Gasteiger partial charge in [-0.3, -0.25) is 0 Å². The predicted molar refractivity (Wildman–Crippen MR) is 287 cm³/mol. The average molecular weight is 883 g/mol. The van der Waals surface area contributed by atoms with Crippen LogP contribution in [0, 0.1) is 0 Å². The highest BCUT2D eigenvalue weighted by atomic mass is 28.3. The summed E-state index contributed by atoms with van der Waals surface area (Å²) in [5.74, 6) is 0. The number of fused-ring (bicyclic) bond motifs is 5. The minimum absolute atomic E-state index is 0.922. The number of benzene rings is 10. The third-order valence-corrected chi connectivity index (χ3v) is 24.7. The first-order valence-corrected chi connectivity index (χ1v) is 27.6. The van der Waals surface area contributed by atoms with Crippen LogP contribution in [0.3, 0.4) is 0 Å². The number of rotatable bonds is 8. The Morgan fingerprint density at radius 1 is 0.239 bits per heavy atom. The van der Waals surface area contributed by atoms with E-state index < -0.39 is 16.1 Å². The van der Waals surface area contributed by atoms with E-state index in [1.807, 2.05) is 0 Å². The number of hydrogen-bond donors (Lipinski definition) is 0. The SMILES string of the molecule is c1ccc(C2=C(c3ccccc3)[Si](c3ccccc3)(c3ccc4c(c3)-c3cc([Si]5(c6ccccc6)C(c6ccccc6)=C(c6ccccc6)c6ccccc65)ccc3C4)c3ccccc32)cc1. The summed E-state index contributed by atoms with van der Waals surface area (Å²) in [6.45, 7) is 0. The van der Waals surface area contributed by atoms with Crippen molar-refractivity contribution < 1.29 is 0 Å². The van der Waals surface area contributed by atoms with Gasteiger partial charge in [-0.25, -0.2) is 0 Å². The lowest BCUT2D eigenvalue weighted by Crippen LogP contribution is -2.67. The topological polar surface area (TPSA) is 0 Å². The van der Waals surface area contributed by atoms with Gasteiger partial charge in [-0.1, -0.05) is 267 Å². The molecule has 2 atom stereocenters. The Hall–Kier alpha value is -7.89. The van der Waals surface area contributed by atoms with Crippen LogP contribution in [0.4, 0.5) is 0 Å². The van der Waals surface area contributed by atoms with Crippen molar-refractivity contribution in [2.45, 2.75) is 6.42 Å². The van der Waals surface area contributed by atoms with Crippen molar-refractivity contribution in [2.24, 2.45) is 0 Å². The minimum atomic E-state index is -2.96. The maximum atomic E-state index is 2.64. The van der Waals surface area contributed by atoms with E-state index in [1.54, 1.807) is 0 Å². The van der Waals surface area contributed by atoms with Gasteiger partial charge in [0.1, 0.15) is 0 Å². The Balaban J connectivity index is 1.10. The molecule has 3 aliphatic rings. The van der Waals surface area contributed by atoms with Gasteiger partial charge in [0.15, 0.2) is 16.1 Å². The molecule has 314 valence electrons. The van der Waals surface area contributed by atoms with Crippen LogP contribution in [0.5, 0.6) is 0 Å². The van der Waals surface area contributed by atoms with Crippen molar-refractivity contribution >= 4 is 68.8 Å². The summed E-state index contributed by atoms with van der Waals surface area (Å²) in [5.41, 5.74) is 16.0. The van der Waals surface area contributed by atoms with Gasteiger partial charge in [0, 0.05) is 0 Å². The first-order valence-electron chi connectivity index (χ1n) is 23.6. The van der Waals surface area contributed by atoms with Gasteiger partial charge in [0.2, 0.25) is 0 Å². The van der Waals surface area contributed by atoms with Gasteiger partial charge in [0.05, 0.1) is 0 Å². The van der Waals surface area contributed by atoms with E-state index in [0.29, 0.717) is 0 Å². The fourth-order valence-electron chi connectivity index (χ4n) is 12.3. The van der Waals surface area contributed by atoms with Crippen LogP contribution in [0.25, 0.3) is 32.7 Å². The molecule has 2 unspecified atom stereocenters. The van der Waals surface area contributed by atoms with Crippen molar-refractivity contribution in [2.75, 3.05) is 0 Å². The molecule has 0 nitrogen and oxygen atoms in total. The zero-order valence-corrected chi connectivity index (χ0v) is 39.1. The molecular weight excluding hydrogens is 837 g/mol. The van der Waals surface area contributed by atoms with Crippen LogP contribution >= 0.6 is 0 Å². The lowest BCUT2D eigenvalue weighted by atomic mass is 9.96.